The lowest BCUT2D eigenvalue weighted by Gasteiger charge is -2.45. The number of para-hydroxylation sites is 5. The lowest BCUT2D eigenvalue weighted by atomic mass is 9.31. The summed E-state index contributed by atoms with van der Waals surface area (Å²) in [6.45, 7) is -0.210. The number of ether oxygens (including phenoxy) is 1. The van der Waals surface area contributed by atoms with Crippen molar-refractivity contribution in [2.45, 2.75) is 0 Å². The molecular weight excluding hydrogens is 696 g/mol. The summed E-state index contributed by atoms with van der Waals surface area (Å²) in [6, 6.07) is 67.7. The van der Waals surface area contributed by atoms with Gasteiger partial charge in [-0.2, -0.15) is 0 Å². The van der Waals surface area contributed by atoms with Crippen LogP contribution in [-0.4, -0.2) is 13.4 Å². The van der Waals surface area contributed by atoms with Gasteiger partial charge in [-0.1, -0.05) is 103 Å². The molecule has 0 N–H and O–H groups in total. The third-order valence-corrected chi connectivity index (χ3v) is 12.3. The van der Waals surface area contributed by atoms with Crippen LogP contribution in [0.4, 0.5) is 51.2 Å². The summed E-state index contributed by atoms with van der Waals surface area (Å²) >= 11 is 0. The zero-order valence-electron chi connectivity index (χ0n) is 30.7. The van der Waals surface area contributed by atoms with Crippen LogP contribution in [-0.2, 0) is 0 Å². The number of nitrogens with zero attached hydrogens (tertiary/aromatic N) is 3. The summed E-state index contributed by atoms with van der Waals surface area (Å²) in [4.78, 5) is 7.34. The minimum Gasteiger partial charge on any atom is -0.466 e. The number of hydrogen-bond donors (Lipinski definition) is 0. The lowest BCUT2D eigenvalue weighted by Crippen LogP contribution is -2.64. The van der Waals surface area contributed by atoms with Gasteiger partial charge >= 0.3 is 6.71 Å². The Balaban J connectivity index is 1.15. The summed E-state index contributed by atoms with van der Waals surface area (Å²) in [5, 5.41) is 0.990. The molecule has 0 unspecified atom stereocenters. The van der Waals surface area contributed by atoms with E-state index in [0.29, 0.717) is 0 Å². The molecule has 7 heteroatoms. The fourth-order valence-electron chi connectivity index (χ4n) is 10.0. The standard InChI is InChI=1S/C50H31B2N3O2/c1-4-16-32(17-5-1)53-39-24-12-11-23-36(39)51-37-30-38-44(31-43(37)54(33-18-6-2-7-19-33)41-26-14-25-40(53)47(41)51)55(34-20-8-3-9-21-34)42-27-15-29-46-48(42)52(38)50-49(56-46)35-22-10-13-28-45(35)57-50/h1-31H. The number of anilines is 9. The Labute approximate surface area is 330 Å². The van der Waals surface area contributed by atoms with Crippen LogP contribution in [0.15, 0.2) is 192 Å². The van der Waals surface area contributed by atoms with E-state index in [4.69, 9.17) is 9.15 Å². The minimum absolute atomic E-state index is 0.0237. The average Bonchev–Trinajstić information content (AvgIpc) is 3.65. The molecule has 13 rings (SSSR count). The maximum Gasteiger partial charge on any atom is 0.301 e. The first kappa shape index (κ1) is 30.9. The van der Waals surface area contributed by atoms with Crippen molar-refractivity contribution in [2.75, 3.05) is 14.7 Å². The quantitative estimate of drug-likeness (QED) is 0.170. The second kappa shape index (κ2) is 11.6. The van der Waals surface area contributed by atoms with Gasteiger partial charge in [0.25, 0.3) is 6.71 Å². The molecule has 9 aromatic rings. The number of benzene rings is 8. The van der Waals surface area contributed by atoms with Gasteiger partial charge in [0.1, 0.15) is 17.0 Å². The van der Waals surface area contributed by atoms with Crippen molar-refractivity contribution in [3.63, 3.8) is 0 Å². The molecule has 0 fully saturated rings. The molecule has 264 valence electrons. The van der Waals surface area contributed by atoms with Gasteiger partial charge in [0, 0.05) is 56.6 Å². The van der Waals surface area contributed by atoms with E-state index in [0.717, 1.165) is 67.7 Å². The van der Waals surface area contributed by atoms with Crippen LogP contribution in [0.2, 0.25) is 0 Å². The Hall–Kier alpha value is -7.37. The van der Waals surface area contributed by atoms with E-state index in [-0.39, 0.29) is 13.4 Å². The Morgan fingerprint density at radius 2 is 0.877 bits per heavy atom. The van der Waals surface area contributed by atoms with E-state index in [2.05, 4.69) is 191 Å². The molecule has 1 aromatic heterocycles. The minimum atomic E-state index is -0.186. The van der Waals surface area contributed by atoms with Gasteiger partial charge in [-0.15, -0.1) is 0 Å². The summed E-state index contributed by atoms with van der Waals surface area (Å²) in [7, 11) is 0. The van der Waals surface area contributed by atoms with E-state index in [1.165, 1.54) is 38.9 Å². The number of furan rings is 1. The normalized spacial score (nSPS) is 13.9. The second-order valence-electron chi connectivity index (χ2n) is 15.2. The van der Waals surface area contributed by atoms with Gasteiger partial charge in [-0.25, -0.2) is 0 Å². The third-order valence-electron chi connectivity index (χ3n) is 12.3. The smallest absolute Gasteiger partial charge is 0.301 e. The van der Waals surface area contributed by atoms with Crippen LogP contribution in [0.1, 0.15) is 0 Å². The largest absolute Gasteiger partial charge is 0.466 e. The first-order chi connectivity index (χ1) is 28.3. The third kappa shape index (κ3) is 4.20. The zero-order valence-corrected chi connectivity index (χ0v) is 30.7. The van der Waals surface area contributed by atoms with Crippen molar-refractivity contribution in [3.8, 4) is 11.5 Å². The highest BCUT2D eigenvalue weighted by molar-refractivity contribution is 7.02. The fraction of sp³-hybridized carbons (Fsp3) is 0. The van der Waals surface area contributed by atoms with Crippen LogP contribution in [0.25, 0.3) is 11.0 Å². The average molecular weight is 727 g/mol. The molecule has 0 aliphatic carbocycles. The first-order valence-electron chi connectivity index (χ1n) is 19.6. The van der Waals surface area contributed by atoms with E-state index in [1.807, 2.05) is 12.1 Å². The van der Waals surface area contributed by atoms with Gasteiger partial charge in [0.05, 0.1) is 5.39 Å². The van der Waals surface area contributed by atoms with Crippen LogP contribution >= 0.6 is 0 Å². The highest BCUT2D eigenvalue weighted by Crippen LogP contribution is 2.47. The van der Waals surface area contributed by atoms with Crippen LogP contribution in [0.3, 0.4) is 0 Å². The number of fused-ring (bicyclic) bond motifs is 10. The van der Waals surface area contributed by atoms with Gasteiger partial charge < -0.3 is 23.9 Å². The molecule has 5 nitrogen and oxygen atoms in total. The summed E-state index contributed by atoms with van der Waals surface area (Å²) in [5.74, 6) is 1.66. The molecule has 5 heterocycles. The predicted molar refractivity (Wildman–Crippen MR) is 236 cm³/mol. The number of hydrogen-bond acceptors (Lipinski definition) is 5. The lowest BCUT2D eigenvalue weighted by molar-refractivity contribution is 0.482. The molecule has 0 saturated carbocycles. The van der Waals surface area contributed by atoms with Gasteiger partial charge in [0.15, 0.2) is 5.75 Å². The van der Waals surface area contributed by atoms with Crippen molar-refractivity contribution in [1.29, 1.82) is 0 Å². The Morgan fingerprint density at radius 3 is 1.54 bits per heavy atom. The molecule has 4 aliphatic heterocycles. The van der Waals surface area contributed by atoms with Crippen molar-refractivity contribution in [1.82, 2.24) is 0 Å². The zero-order chi connectivity index (χ0) is 37.2. The van der Waals surface area contributed by atoms with Crippen LogP contribution in [0.5, 0.6) is 11.5 Å². The van der Waals surface area contributed by atoms with Gasteiger partial charge in [-0.3, -0.25) is 0 Å². The topological polar surface area (TPSA) is 32.1 Å². The fourth-order valence-corrected chi connectivity index (χ4v) is 10.0. The van der Waals surface area contributed by atoms with E-state index in [9.17, 15) is 0 Å². The van der Waals surface area contributed by atoms with Crippen molar-refractivity contribution in [3.05, 3.63) is 188 Å². The highest BCUT2D eigenvalue weighted by Gasteiger charge is 2.49. The van der Waals surface area contributed by atoms with Crippen LogP contribution in [0, 0.1) is 0 Å². The molecule has 0 saturated heterocycles. The van der Waals surface area contributed by atoms with Gasteiger partial charge in [-0.05, 0) is 107 Å². The first-order valence-corrected chi connectivity index (χ1v) is 19.6. The Kier molecular flexibility index (Phi) is 6.27. The van der Waals surface area contributed by atoms with Gasteiger partial charge in [0.2, 0.25) is 0 Å². The second-order valence-corrected chi connectivity index (χ2v) is 15.2. The molecule has 0 spiro atoms. The van der Waals surface area contributed by atoms with Crippen LogP contribution < -0.4 is 52.4 Å². The summed E-state index contributed by atoms with van der Waals surface area (Å²) in [6.07, 6.45) is 0. The Bertz CT molecular complexity index is 3100. The molecule has 0 amide bonds. The molecule has 0 atom stereocenters. The molecule has 0 bridgehead atoms. The summed E-state index contributed by atoms with van der Waals surface area (Å²) in [5.41, 5.74) is 18.1. The van der Waals surface area contributed by atoms with Crippen molar-refractivity contribution in [2.24, 2.45) is 0 Å². The molecular formula is C50H31B2N3O2. The van der Waals surface area contributed by atoms with E-state index >= 15 is 0 Å². The molecule has 0 radical (unpaired) electrons. The SMILES string of the molecule is c1ccc(N2c3cc4c(cc3B3c5oc6ccccc6c5Oc5cccc2c53)B2c3ccccc3N(c3ccccc3)c3cccc(c32)N4c2ccccc2)cc1. The predicted octanol–water partition coefficient (Wildman–Crippen LogP) is 8.92. The molecule has 8 aromatic carbocycles. The monoisotopic (exact) mass is 727 g/mol. The highest BCUT2D eigenvalue weighted by atomic mass is 16.5. The van der Waals surface area contributed by atoms with E-state index < -0.39 is 0 Å². The Morgan fingerprint density at radius 1 is 0.368 bits per heavy atom. The maximum absolute atomic E-state index is 6.87. The number of rotatable bonds is 3. The maximum atomic E-state index is 6.87. The van der Waals surface area contributed by atoms with Crippen molar-refractivity contribution >= 4 is 109 Å². The van der Waals surface area contributed by atoms with Crippen molar-refractivity contribution < 1.29 is 9.15 Å². The van der Waals surface area contributed by atoms with E-state index in [1.54, 1.807) is 0 Å². The molecule has 4 aliphatic rings. The summed E-state index contributed by atoms with van der Waals surface area (Å²) < 4.78 is 13.7. The molecule has 57 heavy (non-hydrogen) atoms.